The molecule has 78 valence electrons. The highest BCUT2D eigenvalue weighted by atomic mass is 32.2. The Bertz CT molecular complexity index is 311. The van der Waals surface area contributed by atoms with Crippen molar-refractivity contribution in [1.82, 2.24) is 4.98 Å². The highest BCUT2D eigenvalue weighted by Crippen LogP contribution is 2.16. The molecule has 14 heavy (non-hydrogen) atoms. The molecular weight excluding hydrogens is 202 g/mol. The van der Waals surface area contributed by atoms with E-state index in [4.69, 9.17) is 9.52 Å². The summed E-state index contributed by atoms with van der Waals surface area (Å²) >= 11 is 1.56. The maximum Gasteiger partial charge on any atom is 0.307 e. The lowest BCUT2D eigenvalue weighted by atomic mass is 10.2. The van der Waals surface area contributed by atoms with Crippen LogP contribution < -0.4 is 0 Å². The summed E-state index contributed by atoms with van der Waals surface area (Å²) in [7, 11) is 0. The molecule has 0 aliphatic heterocycles. The van der Waals surface area contributed by atoms with Crippen molar-refractivity contribution in [3.63, 3.8) is 0 Å². The molecule has 5 heteroatoms. The van der Waals surface area contributed by atoms with Gasteiger partial charge in [-0.2, -0.15) is 11.8 Å². The molecule has 1 atom stereocenters. The van der Waals surface area contributed by atoms with Crippen LogP contribution in [0.2, 0.25) is 0 Å². The molecule has 1 rings (SSSR count). The van der Waals surface area contributed by atoms with Gasteiger partial charge in [0.05, 0.1) is 11.6 Å². The molecule has 0 aliphatic rings. The monoisotopic (exact) mass is 215 g/mol. The van der Waals surface area contributed by atoms with E-state index in [1.165, 1.54) is 6.39 Å². The van der Waals surface area contributed by atoms with E-state index in [9.17, 15) is 4.79 Å². The van der Waals surface area contributed by atoms with Gasteiger partial charge in [-0.05, 0) is 6.92 Å². The Kier molecular flexibility index (Phi) is 4.00. The SMILES string of the molecule is Cc1ocnc1CSCC(C)C(=O)O. The predicted molar refractivity (Wildman–Crippen MR) is 54.2 cm³/mol. The van der Waals surface area contributed by atoms with Gasteiger partial charge in [-0.1, -0.05) is 6.92 Å². The van der Waals surface area contributed by atoms with Gasteiger partial charge in [-0.3, -0.25) is 4.79 Å². The summed E-state index contributed by atoms with van der Waals surface area (Å²) in [6, 6.07) is 0. The molecule has 1 aromatic rings. The van der Waals surface area contributed by atoms with Gasteiger partial charge < -0.3 is 9.52 Å². The van der Waals surface area contributed by atoms with Crippen molar-refractivity contribution in [2.24, 2.45) is 5.92 Å². The summed E-state index contributed by atoms with van der Waals surface area (Å²) < 4.78 is 5.03. The van der Waals surface area contributed by atoms with Gasteiger partial charge in [0.1, 0.15) is 5.76 Å². The second-order valence-electron chi connectivity index (χ2n) is 3.11. The standard InChI is InChI=1S/C9H13NO3S/c1-6(9(11)12)3-14-4-8-7(2)13-5-10-8/h5-6H,3-4H2,1-2H3,(H,11,12). The minimum atomic E-state index is -0.755. The van der Waals surface area contributed by atoms with E-state index in [0.717, 1.165) is 11.5 Å². The third kappa shape index (κ3) is 3.06. The van der Waals surface area contributed by atoms with Crippen LogP contribution in [0.25, 0.3) is 0 Å². The maximum atomic E-state index is 10.5. The number of carbonyl (C=O) groups is 1. The van der Waals surface area contributed by atoms with Crippen LogP contribution in [0.15, 0.2) is 10.8 Å². The fourth-order valence-corrected chi connectivity index (χ4v) is 1.96. The van der Waals surface area contributed by atoms with E-state index in [2.05, 4.69) is 4.98 Å². The van der Waals surface area contributed by atoms with Crippen LogP contribution in [0.5, 0.6) is 0 Å². The van der Waals surface area contributed by atoms with Crippen molar-refractivity contribution in [2.75, 3.05) is 5.75 Å². The lowest BCUT2D eigenvalue weighted by Crippen LogP contribution is -2.11. The number of carboxylic acids is 1. The highest BCUT2D eigenvalue weighted by molar-refractivity contribution is 7.98. The molecular formula is C9H13NO3S. The van der Waals surface area contributed by atoms with Crippen molar-refractivity contribution in [3.8, 4) is 0 Å². The van der Waals surface area contributed by atoms with Gasteiger partial charge in [0, 0.05) is 11.5 Å². The number of hydrogen-bond acceptors (Lipinski definition) is 4. The Morgan fingerprint density at radius 3 is 3.00 bits per heavy atom. The van der Waals surface area contributed by atoms with Crippen LogP contribution in [-0.4, -0.2) is 21.8 Å². The molecule has 0 bridgehead atoms. The molecule has 1 unspecified atom stereocenters. The van der Waals surface area contributed by atoms with Crippen LogP contribution in [0.1, 0.15) is 18.4 Å². The van der Waals surface area contributed by atoms with E-state index in [0.29, 0.717) is 11.5 Å². The van der Waals surface area contributed by atoms with Crippen LogP contribution in [-0.2, 0) is 10.5 Å². The second-order valence-corrected chi connectivity index (χ2v) is 4.14. The minimum absolute atomic E-state index is 0.313. The molecule has 1 aromatic heterocycles. The fourth-order valence-electron chi connectivity index (χ4n) is 0.871. The van der Waals surface area contributed by atoms with Crippen molar-refractivity contribution in [2.45, 2.75) is 19.6 Å². The zero-order chi connectivity index (χ0) is 10.6. The summed E-state index contributed by atoms with van der Waals surface area (Å²) in [6.07, 6.45) is 1.41. The Morgan fingerprint density at radius 2 is 2.50 bits per heavy atom. The number of hydrogen-bond donors (Lipinski definition) is 1. The molecule has 0 radical (unpaired) electrons. The molecule has 0 spiro atoms. The lowest BCUT2D eigenvalue weighted by molar-refractivity contribution is -0.140. The van der Waals surface area contributed by atoms with Crippen LogP contribution in [0.3, 0.4) is 0 Å². The van der Waals surface area contributed by atoms with Gasteiger partial charge >= 0.3 is 5.97 Å². The first-order chi connectivity index (χ1) is 6.61. The summed E-state index contributed by atoms with van der Waals surface area (Å²) in [5, 5.41) is 8.65. The first-order valence-electron chi connectivity index (χ1n) is 4.30. The normalized spacial score (nSPS) is 12.7. The van der Waals surface area contributed by atoms with E-state index in [-0.39, 0.29) is 5.92 Å². The molecule has 0 saturated heterocycles. The minimum Gasteiger partial charge on any atom is -0.481 e. The smallest absolute Gasteiger partial charge is 0.307 e. The van der Waals surface area contributed by atoms with Gasteiger partial charge in [0.15, 0.2) is 6.39 Å². The van der Waals surface area contributed by atoms with E-state index in [1.807, 2.05) is 6.92 Å². The van der Waals surface area contributed by atoms with Gasteiger partial charge in [-0.15, -0.1) is 0 Å². The Labute approximate surface area is 86.7 Å². The van der Waals surface area contributed by atoms with Crippen molar-refractivity contribution in [1.29, 1.82) is 0 Å². The Morgan fingerprint density at radius 1 is 1.79 bits per heavy atom. The molecule has 0 fully saturated rings. The van der Waals surface area contributed by atoms with Crippen LogP contribution in [0.4, 0.5) is 0 Å². The average molecular weight is 215 g/mol. The topological polar surface area (TPSA) is 63.3 Å². The Balaban J connectivity index is 2.29. The predicted octanol–water partition coefficient (Wildman–Crippen LogP) is 1.94. The molecule has 0 aromatic carbocycles. The van der Waals surface area contributed by atoms with E-state index >= 15 is 0 Å². The summed E-state index contributed by atoms with van der Waals surface area (Å²) in [5.74, 6) is 1.05. The first kappa shape index (κ1) is 11.1. The zero-order valence-corrected chi connectivity index (χ0v) is 9.00. The van der Waals surface area contributed by atoms with Crippen LogP contribution in [0, 0.1) is 12.8 Å². The summed E-state index contributed by atoms with van der Waals surface area (Å²) in [5.41, 5.74) is 0.896. The van der Waals surface area contributed by atoms with Crippen molar-refractivity contribution in [3.05, 3.63) is 17.8 Å². The number of thioether (sulfide) groups is 1. The maximum absolute atomic E-state index is 10.5. The van der Waals surface area contributed by atoms with E-state index in [1.54, 1.807) is 18.7 Å². The van der Waals surface area contributed by atoms with Gasteiger partial charge in [-0.25, -0.2) is 4.98 Å². The molecule has 1 heterocycles. The lowest BCUT2D eigenvalue weighted by Gasteiger charge is -2.04. The third-order valence-electron chi connectivity index (χ3n) is 1.87. The number of oxazole rings is 1. The molecule has 0 amide bonds. The van der Waals surface area contributed by atoms with Crippen molar-refractivity contribution >= 4 is 17.7 Å². The van der Waals surface area contributed by atoms with Crippen molar-refractivity contribution < 1.29 is 14.3 Å². The molecule has 0 saturated carbocycles. The van der Waals surface area contributed by atoms with Gasteiger partial charge in [0.25, 0.3) is 0 Å². The average Bonchev–Trinajstić information content (AvgIpc) is 2.51. The third-order valence-corrected chi connectivity index (χ3v) is 3.09. The molecule has 0 aliphatic carbocycles. The number of aromatic nitrogens is 1. The second kappa shape index (κ2) is 5.05. The first-order valence-corrected chi connectivity index (χ1v) is 5.46. The quantitative estimate of drug-likeness (QED) is 0.813. The van der Waals surface area contributed by atoms with Gasteiger partial charge in [0.2, 0.25) is 0 Å². The number of carboxylic acid groups (broad SMARTS) is 1. The number of aliphatic carboxylic acids is 1. The number of aryl methyl sites for hydroxylation is 1. The zero-order valence-electron chi connectivity index (χ0n) is 8.19. The largest absolute Gasteiger partial charge is 0.481 e. The molecule has 4 nitrogen and oxygen atoms in total. The molecule has 1 N–H and O–H groups in total. The van der Waals surface area contributed by atoms with Crippen LogP contribution >= 0.6 is 11.8 Å². The highest BCUT2D eigenvalue weighted by Gasteiger charge is 2.11. The Hall–Kier alpha value is -0.970. The number of rotatable bonds is 5. The summed E-state index contributed by atoms with van der Waals surface area (Å²) in [6.45, 7) is 3.55. The fraction of sp³-hybridized carbons (Fsp3) is 0.556. The van der Waals surface area contributed by atoms with E-state index < -0.39 is 5.97 Å². The summed E-state index contributed by atoms with van der Waals surface area (Å²) in [4.78, 5) is 14.5. The number of nitrogens with zero attached hydrogens (tertiary/aromatic N) is 1.